The second kappa shape index (κ2) is 6.95. The molecule has 1 aromatic carbocycles. The molecule has 1 aromatic heterocycles. The number of hydrogen-bond acceptors (Lipinski definition) is 3. The van der Waals surface area contributed by atoms with E-state index in [1.54, 1.807) is 0 Å². The van der Waals surface area contributed by atoms with Crippen LogP contribution in [0.3, 0.4) is 0 Å². The van der Waals surface area contributed by atoms with E-state index in [0.717, 1.165) is 45.6 Å². The number of rotatable bonds is 3. The average Bonchev–Trinajstić information content (AvgIpc) is 3.12. The maximum absolute atomic E-state index is 12.8. The third kappa shape index (κ3) is 3.19. The Labute approximate surface area is 142 Å². The van der Waals surface area contributed by atoms with Gasteiger partial charge in [0.1, 0.15) is 0 Å². The monoisotopic (exact) mass is 327 g/mol. The van der Waals surface area contributed by atoms with Gasteiger partial charge in [-0.2, -0.15) is 0 Å². The fourth-order valence-electron chi connectivity index (χ4n) is 3.97. The zero-order chi connectivity index (χ0) is 16.4. The highest BCUT2D eigenvalue weighted by Gasteiger charge is 2.30. The lowest BCUT2D eigenvalue weighted by molar-refractivity contribution is -0.141. The van der Waals surface area contributed by atoms with Gasteiger partial charge < -0.3 is 14.6 Å². The number of aromatic amines is 1. The minimum Gasteiger partial charge on any atom is -0.378 e. The number of piperidine rings is 1. The molecule has 5 heteroatoms. The van der Waals surface area contributed by atoms with Gasteiger partial charge in [-0.25, -0.2) is 0 Å². The molecule has 1 N–H and O–H groups in total. The van der Waals surface area contributed by atoms with Crippen LogP contribution < -0.4 is 0 Å². The Kier molecular flexibility index (Phi) is 4.54. The number of morpholine rings is 1. The predicted molar refractivity (Wildman–Crippen MR) is 93.7 cm³/mol. The van der Waals surface area contributed by atoms with Crippen molar-refractivity contribution in [3.05, 3.63) is 36.0 Å². The Morgan fingerprint density at radius 3 is 2.96 bits per heavy atom. The number of H-pyrrole nitrogens is 1. The molecule has 0 radical (unpaired) electrons. The maximum Gasteiger partial charge on any atom is 0.227 e. The normalized spacial score (nSPS) is 22.8. The van der Waals surface area contributed by atoms with Crippen LogP contribution in [0, 0.1) is 5.92 Å². The number of ether oxygens (including phenoxy) is 1. The van der Waals surface area contributed by atoms with Gasteiger partial charge >= 0.3 is 0 Å². The Morgan fingerprint density at radius 2 is 2.08 bits per heavy atom. The highest BCUT2D eigenvalue weighted by Crippen LogP contribution is 2.24. The molecule has 0 spiro atoms. The molecule has 2 saturated heterocycles. The second-order valence-corrected chi connectivity index (χ2v) is 6.87. The van der Waals surface area contributed by atoms with Crippen LogP contribution in [0.25, 0.3) is 10.9 Å². The summed E-state index contributed by atoms with van der Waals surface area (Å²) in [5.41, 5.74) is 2.53. The molecule has 24 heavy (non-hydrogen) atoms. The van der Waals surface area contributed by atoms with Crippen LogP contribution in [0.1, 0.15) is 18.4 Å². The SMILES string of the molecule is O=C([C@@H]1CCCN(Cc2cccc3[nH]ccc23)C1)N1CCOCC1. The van der Waals surface area contributed by atoms with E-state index in [1.807, 2.05) is 11.1 Å². The molecule has 0 bridgehead atoms. The van der Waals surface area contributed by atoms with Crippen LogP contribution in [-0.4, -0.2) is 60.1 Å². The van der Waals surface area contributed by atoms with Crippen LogP contribution in [0.15, 0.2) is 30.5 Å². The third-order valence-corrected chi connectivity index (χ3v) is 5.26. The number of hydrogen-bond donors (Lipinski definition) is 1. The zero-order valence-corrected chi connectivity index (χ0v) is 14.0. The topological polar surface area (TPSA) is 48.6 Å². The molecule has 0 unspecified atom stereocenters. The van der Waals surface area contributed by atoms with Crippen LogP contribution >= 0.6 is 0 Å². The van der Waals surface area contributed by atoms with Gasteiger partial charge in [0, 0.05) is 43.3 Å². The van der Waals surface area contributed by atoms with Gasteiger partial charge in [-0.05, 0) is 37.1 Å². The number of benzene rings is 1. The quantitative estimate of drug-likeness (QED) is 0.940. The molecular formula is C19H25N3O2. The summed E-state index contributed by atoms with van der Waals surface area (Å²) >= 11 is 0. The number of carbonyl (C=O) groups is 1. The van der Waals surface area contributed by atoms with E-state index in [1.165, 1.54) is 16.5 Å². The van der Waals surface area contributed by atoms with Crippen molar-refractivity contribution in [3.8, 4) is 0 Å². The predicted octanol–water partition coefficient (Wildman–Crippen LogP) is 2.24. The lowest BCUT2D eigenvalue weighted by Gasteiger charge is -2.36. The summed E-state index contributed by atoms with van der Waals surface area (Å²) in [6.45, 7) is 5.72. The summed E-state index contributed by atoms with van der Waals surface area (Å²) in [6, 6.07) is 8.56. The summed E-state index contributed by atoms with van der Waals surface area (Å²) in [7, 11) is 0. The number of amides is 1. The van der Waals surface area contributed by atoms with E-state index in [2.05, 4.69) is 34.1 Å². The molecule has 1 atom stereocenters. The Balaban J connectivity index is 1.43. The van der Waals surface area contributed by atoms with Gasteiger partial charge in [0.05, 0.1) is 19.1 Å². The van der Waals surface area contributed by atoms with E-state index < -0.39 is 0 Å². The zero-order valence-electron chi connectivity index (χ0n) is 14.0. The minimum absolute atomic E-state index is 0.141. The van der Waals surface area contributed by atoms with Crippen LogP contribution in [0.5, 0.6) is 0 Å². The van der Waals surface area contributed by atoms with Crippen molar-refractivity contribution in [3.63, 3.8) is 0 Å². The van der Waals surface area contributed by atoms with Gasteiger partial charge in [-0.15, -0.1) is 0 Å². The largest absolute Gasteiger partial charge is 0.378 e. The van der Waals surface area contributed by atoms with Crippen molar-refractivity contribution in [2.24, 2.45) is 5.92 Å². The van der Waals surface area contributed by atoms with Crippen LogP contribution in [-0.2, 0) is 16.1 Å². The molecule has 0 aliphatic carbocycles. The van der Waals surface area contributed by atoms with Crippen molar-refractivity contribution in [2.45, 2.75) is 19.4 Å². The van der Waals surface area contributed by atoms with Gasteiger partial charge in [0.25, 0.3) is 0 Å². The number of fused-ring (bicyclic) bond motifs is 1. The standard InChI is InChI=1S/C19H25N3O2/c23-19(22-9-11-24-12-10-22)16-4-2-8-21(14-16)13-15-3-1-5-18-17(15)6-7-20-18/h1,3,5-7,16,20H,2,4,8-14H2/t16-/m1/s1. The first-order chi connectivity index (χ1) is 11.8. The number of nitrogens with zero attached hydrogens (tertiary/aromatic N) is 2. The van der Waals surface area contributed by atoms with E-state index in [9.17, 15) is 4.79 Å². The Bertz CT molecular complexity index is 705. The summed E-state index contributed by atoms with van der Waals surface area (Å²) in [5.74, 6) is 0.463. The average molecular weight is 327 g/mol. The van der Waals surface area contributed by atoms with Crippen molar-refractivity contribution >= 4 is 16.8 Å². The van der Waals surface area contributed by atoms with Crippen molar-refractivity contribution in [1.29, 1.82) is 0 Å². The molecule has 0 saturated carbocycles. The van der Waals surface area contributed by atoms with Gasteiger partial charge in [0.15, 0.2) is 0 Å². The van der Waals surface area contributed by atoms with Gasteiger partial charge in [-0.1, -0.05) is 12.1 Å². The number of aromatic nitrogens is 1. The highest BCUT2D eigenvalue weighted by atomic mass is 16.5. The van der Waals surface area contributed by atoms with E-state index in [0.29, 0.717) is 19.1 Å². The van der Waals surface area contributed by atoms with Crippen molar-refractivity contribution in [1.82, 2.24) is 14.8 Å². The molecule has 2 aliphatic rings. The summed E-state index contributed by atoms with van der Waals surface area (Å²) in [4.78, 5) is 20.5. The number of nitrogens with one attached hydrogen (secondary N) is 1. The molecule has 3 heterocycles. The number of carbonyl (C=O) groups excluding carboxylic acids is 1. The smallest absolute Gasteiger partial charge is 0.227 e. The molecular weight excluding hydrogens is 302 g/mol. The van der Waals surface area contributed by atoms with Crippen molar-refractivity contribution in [2.75, 3.05) is 39.4 Å². The van der Waals surface area contributed by atoms with E-state index >= 15 is 0 Å². The summed E-state index contributed by atoms with van der Waals surface area (Å²) in [6.07, 6.45) is 4.11. The highest BCUT2D eigenvalue weighted by molar-refractivity contribution is 5.83. The van der Waals surface area contributed by atoms with E-state index in [4.69, 9.17) is 4.74 Å². The third-order valence-electron chi connectivity index (χ3n) is 5.26. The molecule has 4 rings (SSSR count). The second-order valence-electron chi connectivity index (χ2n) is 6.87. The van der Waals surface area contributed by atoms with Gasteiger partial charge in [-0.3, -0.25) is 9.69 Å². The van der Waals surface area contributed by atoms with E-state index in [-0.39, 0.29) is 5.92 Å². The molecule has 2 aliphatic heterocycles. The minimum atomic E-state index is 0.141. The first-order valence-electron chi connectivity index (χ1n) is 8.95. The first-order valence-corrected chi connectivity index (χ1v) is 8.95. The molecule has 2 aromatic rings. The molecule has 128 valence electrons. The summed E-state index contributed by atoms with van der Waals surface area (Å²) in [5, 5.41) is 1.29. The maximum atomic E-state index is 12.8. The fourth-order valence-corrected chi connectivity index (χ4v) is 3.97. The summed E-state index contributed by atoms with van der Waals surface area (Å²) < 4.78 is 5.36. The molecule has 2 fully saturated rings. The Morgan fingerprint density at radius 1 is 1.21 bits per heavy atom. The Hall–Kier alpha value is -1.85. The fraction of sp³-hybridized carbons (Fsp3) is 0.526. The number of likely N-dealkylation sites (tertiary alicyclic amines) is 1. The first kappa shape index (κ1) is 15.7. The van der Waals surface area contributed by atoms with Crippen LogP contribution in [0.4, 0.5) is 0 Å². The molecule has 1 amide bonds. The van der Waals surface area contributed by atoms with Crippen molar-refractivity contribution < 1.29 is 9.53 Å². The molecule has 5 nitrogen and oxygen atoms in total. The lowest BCUT2D eigenvalue weighted by Crippen LogP contribution is -2.48. The van der Waals surface area contributed by atoms with Crippen LogP contribution in [0.2, 0.25) is 0 Å². The van der Waals surface area contributed by atoms with Gasteiger partial charge in [0.2, 0.25) is 5.91 Å². The lowest BCUT2D eigenvalue weighted by atomic mass is 9.95.